The van der Waals surface area contributed by atoms with Gasteiger partial charge in [0.2, 0.25) is 0 Å². The first kappa shape index (κ1) is 18.4. The number of carbonyl (C=O) groups is 2. The minimum absolute atomic E-state index is 0.0499. The zero-order chi connectivity index (χ0) is 19.7. The van der Waals surface area contributed by atoms with Gasteiger partial charge in [0.25, 0.3) is 5.56 Å². The molecule has 1 amide bonds. The first-order valence-corrected chi connectivity index (χ1v) is 8.63. The Kier molecular flexibility index (Phi) is 4.85. The van der Waals surface area contributed by atoms with Crippen molar-refractivity contribution in [2.75, 3.05) is 0 Å². The van der Waals surface area contributed by atoms with Crippen LogP contribution in [0.3, 0.4) is 0 Å². The van der Waals surface area contributed by atoms with E-state index >= 15 is 0 Å². The van der Waals surface area contributed by atoms with Gasteiger partial charge in [-0.05, 0) is 44.0 Å². The molecule has 0 fully saturated rings. The van der Waals surface area contributed by atoms with Crippen LogP contribution in [0.25, 0.3) is 10.9 Å². The van der Waals surface area contributed by atoms with Crippen molar-refractivity contribution in [1.29, 1.82) is 0 Å². The number of hydrogen-bond acceptors (Lipinski definition) is 3. The SMILES string of the molecule is Cc1ccccc1CN(C(=O)n1[nH]c2c(C(=O)O)cccc2c1=O)C(C)C. The van der Waals surface area contributed by atoms with Crippen molar-refractivity contribution in [2.24, 2.45) is 0 Å². The van der Waals surface area contributed by atoms with Gasteiger partial charge in [-0.2, -0.15) is 4.68 Å². The van der Waals surface area contributed by atoms with Gasteiger partial charge in [0.1, 0.15) is 0 Å². The second kappa shape index (κ2) is 7.11. The van der Waals surface area contributed by atoms with E-state index in [1.54, 1.807) is 4.90 Å². The maximum absolute atomic E-state index is 13.1. The number of aromatic nitrogens is 2. The maximum Gasteiger partial charge on any atom is 0.346 e. The Hall–Kier alpha value is -3.35. The molecule has 0 bridgehead atoms. The van der Waals surface area contributed by atoms with Gasteiger partial charge < -0.3 is 10.0 Å². The molecule has 0 aliphatic rings. The molecule has 0 spiro atoms. The minimum Gasteiger partial charge on any atom is -0.478 e. The number of nitrogens with zero attached hydrogens (tertiary/aromatic N) is 2. The maximum atomic E-state index is 13.1. The number of rotatable bonds is 4. The summed E-state index contributed by atoms with van der Waals surface area (Å²) in [6, 6.07) is 11.4. The number of carboxylic acid groups (broad SMARTS) is 1. The Morgan fingerprint density at radius 1 is 1.15 bits per heavy atom. The van der Waals surface area contributed by atoms with Gasteiger partial charge in [-0.1, -0.05) is 30.3 Å². The van der Waals surface area contributed by atoms with Gasteiger partial charge in [-0.15, -0.1) is 0 Å². The van der Waals surface area contributed by atoms with Crippen LogP contribution in [0, 0.1) is 6.92 Å². The van der Waals surface area contributed by atoms with Crippen LogP contribution in [-0.2, 0) is 6.54 Å². The summed E-state index contributed by atoms with van der Waals surface area (Å²) in [6.45, 7) is 6.04. The smallest absolute Gasteiger partial charge is 0.346 e. The molecule has 0 saturated heterocycles. The van der Waals surface area contributed by atoms with Crippen molar-refractivity contribution in [3.05, 3.63) is 69.5 Å². The number of para-hydroxylation sites is 1. The van der Waals surface area contributed by atoms with Crippen LogP contribution < -0.4 is 5.56 Å². The first-order valence-electron chi connectivity index (χ1n) is 8.63. The lowest BCUT2D eigenvalue weighted by atomic mass is 10.1. The summed E-state index contributed by atoms with van der Waals surface area (Å²) in [4.78, 5) is 38.7. The third-order valence-electron chi connectivity index (χ3n) is 4.61. The summed E-state index contributed by atoms with van der Waals surface area (Å²) in [5.74, 6) is -1.16. The summed E-state index contributed by atoms with van der Waals surface area (Å²) < 4.78 is 0.884. The zero-order valence-electron chi connectivity index (χ0n) is 15.4. The van der Waals surface area contributed by atoms with Crippen molar-refractivity contribution in [3.63, 3.8) is 0 Å². The van der Waals surface area contributed by atoms with Crippen LogP contribution in [0.4, 0.5) is 4.79 Å². The number of nitrogens with one attached hydrogen (secondary N) is 1. The Balaban J connectivity index is 2.06. The van der Waals surface area contributed by atoms with Crippen LogP contribution >= 0.6 is 0 Å². The third kappa shape index (κ3) is 3.36. The first-order chi connectivity index (χ1) is 12.8. The predicted octanol–water partition coefficient (Wildman–Crippen LogP) is 3.21. The highest BCUT2D eigenvalue weighted by Crippen LogP contribution is 2.16. The predicted molar refractivity (Wildman–Crippen MR) is 102 cm³/mol. The Morgan fingerprint density at radius 3 is 2.48 bits per heavy atom. The second-order valence-electron chi connectivity index (χ2n) is 6.72. The lowest BCUT2D eigenvalue weighted by Gasteiger charge is -2.27. The quantitative estimate of drug-likeness (QED) is 0.740. The molecule has 3 aromatic rings. The molecule has 7 heteroatoms. The van der Waals surface area contributed by atoms with Crippen molar-refractivity contribution in [1.82, 2.24) is 14.7 Å². The van der Waals surface area contributed by atoms with Crippen molar-refractivity contribution >= 4 is 22.9 Å². The van der Waals surface area contributed by atoms with E-state index in [2.05, 4.69) is 5.10 Å². The summed E-state index contributed by atoms with van der Waals surface area (Å²) in [6.07, 6.45) is 0. The topological polar surface area (TPSA) is 95.4 Å². The van der Waals surface area contributed by atoms with Crippen molar-refractivity contribution in [2.45, 2.75) is 33.4 Å². The molecule has 1 heterocycles. The fourth-order valence-corrected chi connectivity index (χ4v) is 3.02. The summed E-state index contributed by atoms with van der Waals surface area (Å²) in [5, 5.41) is 12.2. The summed E-state index contributed by atoms with van der Waals surface area (Å²) in [5.41, 5.74) is 1.56. The number of aromatic carboxylic acids is 1. The lowest BCUT2D eigenvalue weighted by Crippen LogP contribution is -2.43. The molecule has 27 heavy (non-hydrogen) atoms. The highest BCUT2D eigenvalue weighted by molar-refractivity contribution is 6.02. The van der Waals surface area contributed by atoms with Crippen LogP contribution in [0.2, 0.25) is 0 Å². The van der Waals surface area contributed by atoms with E-state index in [-0.39, 0.29) is 22.5 Å². The summed E-state index contributed by atoms with van der Waals surface area (Å²) >= 11 is 0. The van der Waals surface area contributed by atoms with Crippen LogP contribution in [-0.4, -0.2) is 37.8 Å². The average molecular weight is 367 g/mol. The number of fused-ring (bicyclic) bond motifs is 1. The highest BCUT2D eigenvalue weighted by Gasteiger charge is 2.24. The van der Waals surface area contributed by atoms with E-state index in [4.69, 9.17) is 0 Å². The minimum atomic E-state index is -1.16. The molecule has 2 aromatic carbocycles. The van der Waals surface area contributed by atoms with Crippen LogP contribution in [0.5, 0.6) is 0 Å². The number of carboxylic acids is 1. The number of benzene rings is 2. The number of aromatic amines is 1. The number of H-pyrrole nitrogens is 1. The Bertz CT molecular complexity index is 1080. The molecule has 2 N–H and O–H groups in total. The number of hydrogen-bond donors (Lipinski definition) is 2. The van der Waals surface area contributed by atoms with E-state index < -0.39 is 17.6 Å². The van der Waals surface area contributed by atoms with Gasteiger partial charge >= 0.3 is 12.0 Å². The lowest BCUT2D eigenvalue weighted by molar-refractivity contribution is 0.0698. The largest absolute Gasteiger partial charge is 0.478 e. The van der Waals surface area contributed by atoms with Gasteiger partial charge in [0.15, 0.2) is 0 Å². The fraction of sp³-hybridized carbons (Fsp3) is 0.250. The standard InChI is InChI=1S/C20H21N3O4/c1-12(2)22(11-14-8-5-4-7-13(14)3)20(27)23-18(24)15-9-6-10-16(19(25)26)17(15)21-23/h4-10,12,21H,11H2,1-3H3,(H,25,26). The molecule has 1 aromatic heterocycles. The van der Waals surface area contributed by atoms with E-state index in [1.165, 1.54) is 18.2 Å². The van der Waals surface area contributed by atoms with E-state index in [0.29, 0.717) is 6.54 Å². The number of aryl methyl sites for hydroxylation is 1. The Morgan fingerprint density at radius 2 is 1.85 bits per heavy atom. The van der Waals surface area contributed by atoms with Gasteiger partial charge in [-0.25, -0.2) is 9.59 Å². The molecule has 0 saturated carbocycles. The molecular formula is C20H21N3O4. The normalized spacial score (nSPS) is 11.1. The third-order valence-corrected chi connectivity index (χ3v) is 4.61. The fourth-order valence-electron chi connectivity index (χ4n) is 3.02. The molecule has 0 radical (unpaired) electrons. The Labute approximate surface area is 155 Å². The van der Waals surface area contributed by atoms with Crippen LogP contribution in [0.1, 0.15) is 35.3 Å². The van der Waals surface area contributed by atoms with Crippen LogP contribution in [0.15, 0.2) is 47.3 Å². The zero-order valence-corrected chi connectivity index (χ0v) is 15.4. The van der Waals surface area contributed by atoms with Gasteiger partial charge in [0, 0.05) is 12.6 Å². The van der Waals surface area contributed by atoms with E-state index in [0.717, 1.165) is 15.8 Å². The molecule has 0 unspecified atom stereocenters. The monoisotopic (exact) mass is 367 g/mol. The van der Waals surface area contributed by atoms with Gasteiger partial charge in [-0.3, -0.25) is 9.89 Å². The van der Waals surface area contributed by atoms with E-state index in [9.17, 15) is 19.5 Å². The number of carbonyl (C=O) groups excluding carboxylic acids is 1. The second-order valence-corrected chi connectivity index (χ2v) is 6.72. The molecule has 140 valence electrons. The molecule has 0 atom stereocenters. The molecule has 3 rings (SSSR count). The number of amides is 1. The summed E-state index contributed by atoms with van der Waals surface area (Å²) in [7, 11) is 0. The molecule has 0 aliphatic heterocycles. The van der Waals surface area contributed by atoms with Gasteiger partial charge in [0.05, 0.1) is 16.5 Å². The molecular weight excluding hydrogens is 346 g/mol. The van der Waals surface area contributed by atoms with Crippen molar-refractivity contribution < 1.29 is 14.7 Å². The van der Waals surface area contributed by atoms with E-state index in [1.807, 2.05) is 45.0 Å². The van der Waals surface area contributed by atoms with Crippen molar-refractivity contribution in [3.8, 4) is 0 Å². The highest BCUT2D eigenvalue weighted by atomic mass is 16.4. The average Bonchev–Trinajstić information content (AvgIpc) is 2.97. The molecule has 7 nitrogen and oxygen atoms in total. The molecule has 0 aliphatic carbocycles.